The summed E-state index contributed by atoms with van der Waals surface area (Å²) in [6, 6.07) is 3.35. The molecule has 21 heavy (non-hydrogen) atoms. The third-order valence-electron chi connectivity index (χ3n) is 2.80. The quantitative estimate of drug-likeness (QED) is 0.386. The van der Waals surface area contributed by atoms with E-state index in [-0.39, 0.29) is 16.7 Å². The molecular formula is C14H19F3N2O2. The standard InChI is InChI=1S/C14H19F3N2O2/c1-13(2,3)6-7-21-9-4-5-10(12(18)19-20)11(8-9)14(15,16)17/h4-5,8,20H,6-7H2,1-3H3,(H2,18,19). The maximum Gasteiger partial charge on any atom is 0.417 e. The summed E-state index contributed by atoms with van der Waals surface area (Å²) in [4.78, 5) is 0. The van der Waals surface area contributed by atoms with Crippen molar-refractivity contribution in [3.05, 3.63) is 29.3 Å². The number of hydrogen-bond donors (Lipinski definition) is 2. The van der Waals surface area contributed by atoms with Crippen molar-refractivity contribution in [2.24, 2.45) is 16.3 Å². The second-order valence-corrected chi connectivity index (χ2v) is 5.85. The summed E-state index contributed by atoms with van der Waals surface area (Å²) in [5.41, 5.74) is 3.91. The number of nitrogens with zero attached hydrogens (tertiary/aromatic N) is 1. The zero-order valence-corrected chi connectivity index (χ0v) is 12.2. The molecule has 1 aromatic rings. The van der Waals surface area contributed by atoms with Gasteiger partial charge in [-0.05, 0) is 30.0 Å². The van der Waals surface area contributed by atoms with Crippen molar-refractivity contribution in [3.63, 3.8) is 0 Å². The third kappa shape index (κ3) is 5.17. The largest absolute Gasteiger partial charge is 0.494 e. The molecule has 3 N–H and O–H groups in total. The molecule has 0 radical (unpaired) electrons. The van der Waals surface area contributed by atoms with Gasteiger partial charge in [0.15, 0.2) is 5.84 Å². The second kappa shape index (κ2) is 6.24. The minimum atomic E-state index is -4.62. The number of alkyl halides is 3. The van der Waals surface area contributed by atoms with E-state index in [0.717, 1.165) is 12.1 Å². The zero-order chi connectivity index (χ0) is 16.3. The molecular weight excluding hydrogens is 285 g/mol. The van der Waals surface area contributed by atoms with Crippen LogP contribution in [0.3, 0.4) is 0 Å². The summed E-state index contributed by atoms with van der Waals surface area (Å²) >= 11 is 0. The highest BCUT2D eigenvalue weighted by Crippen LogP contribution is 2.34. The predicted octanol–water partition coefficient (Wildman–Crippen LogP) is 3.61. The normalized spacial score (nSPS) is 13.3. The van der Waals surface area contributed by atoms with Gasteiger partial charge in [0.25, 0.3) is 0 Å². The lowest BCUT2D eigenvalue weighted by molar-refractivity contribution is -0.137. The van der Waals surface area contributed by atoms with Crippen LogP contribution in [-0.2, 0) is 6.18 Å². The average Bonchev–Trinajstić information content (AvgIpc) is 2.35. The SMILES string of the molecule is CC(C)(C)CCOc1ccc(C(N)=NO)c(C(F)(F)F)c1. The predicted molar refractivity (Wildman–Crippen MR) is 73.5 cm³/mol. The highest BCUT2D eigenvalue weighted by Gasteiger charge is 2.35. The van der Waals surface area contributed by atoms with Crippen LogP contribution in [0.1, 0.15) is 38.3 Å². The minimum Gasteiger partial charge on any atom is -0.494 e. The Bertz CT molecular complexity index is 520. The van der Waals surface area contributed by atoms with Crippen LogP contribution >= 0.6 is 0 Å². The van der Waals surface area contributed by atoms with Crippen LogP contribution < -0.4 is 10.5 Å². The van der Waals surface area contributed by atoms with E-state index in [1.807, 2.05) is 20.8 Å². The molecule has 0 aliphatic rings. The third-order valence-corrected chi connectivity index (χ3v) is 2.80. The molecule has 1 rings (SSSR count). The molecule has 0 aromatic heterocycles. The topological polar surface area (TPSA) is 67.8 Å². The Balaban J connectivity index is 3.00. The second-order valence-electron chi connectivity index (χ2n) is 5.85. The number of hydrogen-bond acceptors (Lipinski definition) is 3. The number of rotatable bonds is 4. The molecule has 0 spiro atoms. The first-order valence-corrected chi connectivity index (χ1v) is 6.36. The first kappa shape index (κ1) is 17.1. The van der Waals surface area contributed by atoms with Gasteiger partial charge in [0.1, 0.15) is 5.75 Å². The van der Waals surface area contributed by atoms with Crippen molar-refractivity contribution in [2.75, 3.05) is 6.61 Å². The molecule has 118 valence electrons. The lowest BCUT2D eigenvalue weighted by atomic mass is 9.93. The minimum absolute atomic E-state index is 0.0285. The van der Waals surface area contributed by atoms with Gasteiger partial charge in [0.2, 0.25) is 0 Å². The van der Waals surface area contributed by atoms with Gasteiger partial charge in [-0.2, -0.15) is 13.2 Å². The Kier molecular flexibility index (Phi) is 5.09. The Morgan fingerprint density at radius 3 is 2.38 bits per heavy atom. The smallest absolute Gasteiger partial charge is 0.417 e. The summed E-state index contributed by atoms with van der Waals surface area (Å²) in [7, 11) is 0. The van der Waals surface area contributed by atoms with Crippen LogP contribution in [0.5, 0.6) is 5.75 Å². The molecule has 0 atom stereocenters. The first-order chi connectivity index (χ1) is 9.54. The van der Waals surface area contributed by atoms with E-state index in [0.29, 0.717) is 13.0 Å². The number of amidine groups is 1. The molecule has 0 aliphatic heterocycles. The van der Waals surface area contributed by atoms with Gasteiger partial charge in [-0.25, -0.2) is 0 Å². The zero-order valence-electron chi connectivity index (χ0n) is 12.2. The van der Waals surface area contributed by atoms with Crippen LogP contribution in [0.25, 0.3) is 0 Å². The molecule has 0 aliphatic carbocycles. The number of oxime groups is 1. The fraction of sp³-hybridized carbons (Fsp3) is 0.500. The molecule has 4 nitrogen and oxygen atoms in total. The van der Waals surface area contributed by atoms with Crippen LogP contribution in [0, 0.1) is 5.41 Å². The number of ether oxygens (including phenoxy) is 1. The van der Waals surface area contributed by atoms with E-state index in [9.17, 15) is 13.2 Å². The van der Waals surface area contributed by atoms with Gasteiger partial charge < -0.3 is 15.7 Å². The van der Waals surface area contributed by atoms with Crippen LogP contribution in [0.15, 0.2) is 23.4 Å². The summed E-state index contributed by atoms with van der Waals surface area (Å²) in [6.07, 6.45) is -3.91. The maximum atomic E-state index is 13.0. The van der Waals surface area contributed by atoms with E-state index < -0.39 is 17.6 Å². The Labute approximate surface area is 121 Å². The highest BCUT2D eigenvalue weighted by molar-refractivity contribution is 5.98. The highest BCUT2D eigenvalue weighted by atomic mass is 19.4. The molecule has 0 bridgehead atoms. The van der Waals surface area contributed by atoms with Gasteiger partial charge in [0, 0.05) is 5.56 Å². The van der Waals surface area contributed by atoms with Gasteiger partial charge >= 0.3 is 6.18 Å². The van der Waals surface area contributed by atoms with Crippen molar-refractivity contribution >= 4 is 5.84 Å². The number of benzene rings is 1. The maximum absolute atomic E-state index is 13.0. The molecule has 0 saturated carbocycles. The first-order valence-electron chi connectivity index (χ1n) is 6.36. The molecule has 0 amide bonds. The van der Waals surface area contributed by atoms with Gasteiger partial charge in [-0.15, -0.1) is 0 Å². The summed E-state index contributed by atoms with van der Waals surface area (Å²) < 4.78 is 44.3. The Morgan fingerprint density at radius 1 is 1.29 bits per heavy atom. The summed E-state index contributed by atoms with van der Waals surface area (Å²) in [6.45, 7) is 6.35. The molecule has 0 fully saturated rings. The van der Waals surface area contributed by atoms with E-state index in [4.69, 9.17) is 15.7 Å². The van der Waals surface area contributed by atoms with Gasteiger partial charge in [-0.1, -0.05) is 25.9 Å². The van der Waals surface area contributed by atoms with E-state index in [1.54, 1.807) is 0 Å². The molecule has 7 heteroatoms. The van der Waals surface area contributed by atoms with E-state index in [1.165, 1.54) is 6.07 Å². The Morgan fingerprint density at radius 2 is 1.90 bits per heavy atom. The van der Waals surface area contributed by atoms with Crippen molar-refractivity contribution < 1.29 is 23.1 Å². The van der Waals surface area contributed by atoms with Crippen molar-refractivity contribution in [2.45, 2.75) is 33.4 Å². The van der Waals surface area contributed by atoms with Crippen molar-refractivity contribution in [1.29, 1.82) is 0 Å². The fourth-order valence-electron chi connectivity index (χ4n) is 1.60. The van der Waals surface area contributed by atoms with Gasteiger partial charge in [0.05, 0.1) is 12.2 Å². The van der Waals surface area contributed by atoms with Crippen LogP contribution in [0.2, 0.25) is 0 Å². The van der Waals surface area contributed by atoms with E-state index >= 15 is 0 Å². The molecule has 0 heterocycles. The molecule has 0 saturated heterocycles. The Hall–Kier alpha value is -1.92. The number of nitrogens with two attached hydrogens (primary N) is 1. The van der Waals surface area contributed by atoms with Crippen molar-refractivity contribution in [1.82, 2.24) is 0 Å². The van der Waals surface area contributed by atoms with Gasteiger partial charge in [-0.3, -0.25) is 0 Å². The average molecular weight is 304 g/mol. The lowest BCUT2D eigenvalue weighted by Crippen LogP contribution is -2.20. The summed E-state index contributed by atoms with van der Waals surface area (Å²) in [5, 5.41) is 11.2. The monoisotopic (exact) mass is 304 g/mol. The fourth-order valence-corrected chi connectivity index (χ4v) is 1.60. The summed E-state index contributed by atoms with van der Waals surface area (Å²) in [5.74, 6) is -0.496. The van der Waals surface area contributed by atoms with Crippen molar-refractivity contribution in [3.8, 4) is 5.75 Å². The van der Waals surface area contributed by atoms with Crippen LogP contribution in [0.4, 0.5) is 13.2 Å². The lowest BCUT2D eigenvalue weighted by Gasteiger charge is -2.19. The molecule has 0 unspecified atom stereocenters. The number of halogens is 3. The van der Waals surface area contributed by atoms with E-state index in [2.05, 4.69) is 5.16 Å². The molecule has 1 aromatic carbocycles. The van der Waals surface area contributed by atoms with Crippen LogP contribution in [-0.4, -0.2) is 17.6 Å².